The van der Waals surface area contributed by atoms with E-state index in [2.05, 4.69) is 5.16 Å². The van der Waals surface area contributed by atoms with Crippen molar-refractivity contribution in [2.75, 3.05) is 19.1 Å². The minimum atomic E-state index is -1.02. The Kier molecular flexibility index (Phi) is 4.54. The molecule has 2 aliphatic rings. The lowest BCUT2D eigenvalue weighted by Crippen LogP contribution is -2.33. The second-order valence-electron chi connectivity index (χ2n) is 6.66. The predicted octanol–water partition coefficient (Wildman–Crippen LogP) is 2.20. The van der Waals surface area contributed by atoms with E-state index in [1.165, 1.54) is 21.1 Å². The van der Waals surface area contributed by atoms with Crippen LogP contribution in [-0.2, 0) is 14.4 Å². The highest BCUT2D eigenvalue weighted by Crippen LogP contribution is 2.37. The third-order valence-corrected chi connectivity index (χ3v) is 5.02. The van der Waals surface area contributed by atoms with Crippen LogP contribution in [0.5, 0.6) is 11.5 Å². The van der Waals surface area contributed by atoms with Gasteiger partial charge in [0.1, 0.15) is 11.6 Å². The second-order valence-corrected chi connectivity index (χ2v) is 6.66. The van der Waals surface area contributed by atoms with Gasteiger partial charge in [0, 0.05) is 11.1 Å². The van der Waals surface area contributed by atoms with Gasteiger partial charge in [0.15, 0.2) is 17.3 Å². The molecule has 2 heterocycles. The average Bonchev–Trinajstić information content (AvgIpc) is 3.27. The summed E-state index contributed by atoms with van der Waals surface area (Å²) in [5, 5.41) is 3.99. The number of amides is 2. The molecule has 2 atom stereocenters. The quantitative estimate of drug-likeness (QED) is 0.570. The highest BCUT2D eigenvalue weighted by Gasteiger charge is 2.56. The molecule has 0 spiro atoms. The Bertz CT molecular complexity index is 1040. The van der Waals surface area contributed by atoms with Crippen LogP contribution in [0.2, 0.25) is 0 Å². The van der Waals surface area contributed by atoms with E-state index in [9.17, 15) is 14.4 Å². The Morgan fingerprint density at radius 3 is 2.31 bits per heavy atom. The summed E-state index contributed by atoms with van der Waals surface area (Å²) in [5.41, 5.74) is 1.84. The summed E-state index contributed by atoms with van der Waals surface area (Å²) in [6.45, 7) is 1.45. The number of benzene rings is 2. The molecule has 4 rings (SSSR count). The molecule has 148 valence electrons. The minimum absolute atomic E-state index is 0.0984. The number of ether oxygens (including phenoxy) is 2. The molecule has 0 radical (unpaired) electrons. The molecule has 2 amide bonds. The number of fused-ring (bicyclic) bond motifs is 1. The maximum Gasteiger partial charge on any atom is 0.278 e. The lowest BCUT2D eigenvalue weighted by atomic mass is 9.94. The number of carbonyl (C=O) groups is 3. The van der Waals surface area contributed by atoms with Gasteiger partial charge in [-0.15, -0.1) is 0 Å². The number of carbonyl (C=O) groups excluding carboxylic acids is 3. The summed E-state index contributed by atoms with van der Waals surface area (Å²) in [6.07, 6.45) is -1.02. The number of rotatable bonds is 5. The molecular weight excluding hydrogens is 376 g/mol. The molecule has 2 aliphatic heterocycles. The highest BCUT2D eigenvalue weighted by molar-refractivity contribution is 6.32. The maximum atomic E-state index is 13.1. The second kappa shape index (κ2) is 7.05. The molecule has 0 unspecified atom stereocenters. The third-order valence-electron chi connectivity index (χ3n) is 5.02. The van der Waals surface area contributed by atoms with Gasteiger partial charge in [0.05, 0.1) is 19.9 Å². The number of Topliss-reactive ketones (excluding diaryl/α,β-unsaturated/α-hetero) is 1. The normalized spacial score (nSPS) is 20.2. The van der Waals surface area contributed by atoms with Gasteiger partial charge in [0.2, 0.25) is 12.0 Å². The van der Waals surface area contributed by atoms with Gasteiger partial charge >= 0.3 is 0 Å². The van der Waals surface area contributed by atoms with Gasteiger partial charge in [-0.25, -0.2) is 4.90 Å². The molecule has 0 bridgehead atoms. The van der Waals surface area contributed by atoms with Gasteiger partial charge in [-0.05, 0) is 49.4 Å². The molecule has 2 aromatic rings. The smallest absolute Gasteiger partial charge is 0.278 e. The van der Waals surface area contributed by atoms with Crippen LogP contribution >= 0.6 is 0 Å². The molecule has 0 N–H and O–H groups in total. The number of anilines is 1. The zero-order chi connectivity index (χ0) is 20.7. The maximum absolute atomic E-state index is 13.1. The molecule has 1 fully saturated rings. The van der Waals surface area contributed by atoms with Gasteiger partial charge in [-0.2, -0.15) is 0 Å². The molecule has 2 aromatic carbocycles. The number of hydrogen-bond acceptors (Lipinski definition) is 7. The van der Waals surface area contributed by atoms with Gasteiger partial charge < -0.3 is 14.3 Å². The molecule has 0 aliphatic carbocycles. The Morgan fingerprint density at radius 1 is 1.00 bits per heavy atom. The third kappa shape index (κ3) is 2.93. The van der Waals surface area contributed by atoms with E-state index >= 15 is 0 Å². The Labute approximate surface area is 166 Å². The van der Waals surface area contributed by atoms with Crippen LogP contribution < -0.4 is 14.4 Å². The number of methoxy groups -OCH3 is 2. The summed E-state index contributed by atoms with van der Waals surface area (Å²) < 4.78 is 10.5. The monoisotopic (exact) mass is 394 g/mol. The van der Waals surface area contributed by atoms with E-state index in [0.29, 0.717) is 34.0 Å². The van der Waals surface area contributed by atoms with Gasteiger partial charge in [0.25, 0.3) is 5.91 Å². The Hall–Kier alpha value is -3.68. The van der Waals surface area contributed by atoms with E-state index < -0.39 is 23.8 Å². The summed E-state index contributed by atoms with van der Waals surface area (Å²) in [6, 6.07) is 11.4. The van der Waals surface area contributed by atoms with Crippen LogP contribution in [0.15, 0.2) is 47.6 Å². The molecule has 0 saturated carbocycles. The first-order valence-electron chi connectivity index (χ1n) is 8.91. The van der Waals surface area contributed by atoms with E-state index in [1.807, 2.05) is 0 Å². The predicted molar refractivity (Wildman–Crippen MR) is 103 cm³/mol. The van der Waals surface area contributed by atoms with Gasteiger partial charge in [-0.3, -0.25) is 14.4 Å². The average molecular weight is 394 g/mol. The zero-order valence-electron chi connectivity index (χ0n) is 16.0. The van der Waals surface area contributed by atoms with Crippen LogP contribution in [0.4, 0.5) is 5.69 Å². The highest BCUT2D eigenvalue weighted by atomic mass is 16.7. The molecule has 8 heteroatoms. The van der Waals surface area contributed by atoms with Crippen LogP contribution in [0.25, 0.3) is 0 Å². The van der Waals surface area contributed by atoms with Crippen LogP contribution in [0, 0.1) is 5.92 Å². The number of imide groups is 1. The van der Waals surface area contributed by atoms with Crippen molar-refractivity contribution in [1.29, 1.82) is 0 Å². The van der Waals surface area contributed by atoms with Crippen LogP contribution in [-0.4, -0.2) is 43.6 Å². The van der Waals surface area contributed by atoms with Crippen molar-refractivity contribution >= 4 is 29.0 Å². The van der Waals surface area contributed by atoms with Crippen molar-refractivity contribution < 1.29 is 28.7 Å². The SMILES string of the molecule is COc1ccc(C2=NO[C@@H]3C(=O)N(c4ccc(C(C)=O)cc4)C(=O)[C@H]23)cc1OC. The van der Waals surface area contributed by atoms with Crippen molar-refractivity contribution in [1.82, 2.24) is 0 Å². The standard InChI is InChI=1S/C21H18N2O6/c1-11(24)12-4-7-14(8-5-12)23-20(25)17-18(22-29-19(17)21(23)26)13-6-9-15(27-2)16(10-13)28-3/h4-10,17,19H,1-3H3/t17-,19+/m1/s1. The molecular formula is C21H18N2O6. The van der Waals surface area contributed by atoms with Crippen LogP contribution in [0.3, 0.4) is 0 Å². The molecule has 1 saturated heterocycles. The largest absolute Gasteiger partial charge is 0.493 e. The summed E-state index contributed by atoms with van der Waals surface area (Å²) >= 11 is 0. The van der Waals surface area contributed by atoms with E-state index in [0.717, 1.165) is 4.90 Å². The summed E-state index contributed by atoms with van der Waals surface area (Å²) in [5.74, 6) is -0.860. The first-order chi connectivity index (χ1) is 14.0. The fourth-order valence-corrected chi connectivity index (χ4v) is 3.51. The topological polar surface area (TPSA) is 94.5 Å². The summed E-state index contributed by atoms with van der Waals surface area (Å²) in [7, 11) is 3.03. The fourth-order valence-electron chi connectivity index (χ4n) is 3.51. The van der Waals surface area contributed by atoms with Crippen molar-refractivity contribution in [2.24, 2.45) is 11.1 Å². The molecule has 29 heavy (non-hydrogen) atoms. The number of ketones is 1. The zero-order valence-corrected chi connectivity index (χ0v) is 16.0. The van der Waals surface area contributed by atoms with Crippen molar-refractivity contribution in [3.8, 4) is 11.5 Å². The van der Waals surface area contributed by atoms with E-state index in [4.69, 9.17) is 14.3 Å². The molecule has 0 aromatic heterocycles. The summed E-state index contributed by atoms with van der Waals surface area (Å²) in [4.78, 5) is 43.8. The first kappa shape index (κ1) is 18.7. The minimum Gasteiger partial charge on any atom is -0.493 e. The lowest BCUT2D eigenvalue weighted by Gasteiger charge is -2.16. The lowest BCUT2D eigenvalue weighted by molar-refractivity contribution is -0.126. The van der Waals surface area contributed by atoms with E-state index in [1.54, 1.807) is 42.5 Å². The number of oxime groups is 1. The Morgan fingerprint density at radius 2 is 1.69 bits per heavy atom. The van der Waals surface area contributed by atoms with Crippen molar-refractivity contribution in [2.45, 2.75) is 13.0 Å². The fraction of sp³-hybridized carbons (Fsp3) is 0.238. The van der Waals surface area contributed by atoms with E-state index in [-0.39, 0.29) is 5.78 Å². The van der Waals surface area contributed by atoms with Gasteiger partial charge in [-0.1, -0.05) is 5.16 Å². The number of hydrogen-bond donors (Lipinski definition) is 0. The first-order valence-corrected chi connectivity index (χ1v) is 8.91. The van der Waals surface area contributed by atoms with Crippen molar-refractivity contribution in [3.63, 3.8) is 0 Å². The molecule has 8 nitrogen and oxygen atoms in total. The van der Waals surface area contributed by atoms with Crippen LogP contribution in [0.1, 0.15) is 22.8 Å². The number of nitrogens with zero attached hydrogens (tertiary/aromatic N) is 2. The van der Waals surface area contributed by atoms with Crippen molar-refractivity contribution in [3.05, 3.63) is 53.6 Å². The Balaban J connectivity index is 1.66.